The highest BCUT2D eigenvalue weighted by Gasteiger charge is 2.59. The zero-order valence-corrected chi connectivity index (χ0v) is 20.3. The van der Waals surface area contributed by atoms with Gasteiger partial charge in [0.2, 0.25) is 0 Å². The number of aliphatic imine (C=N–C) groups is 1. The fraction of sp³-hybridized carbons (Fsp3) is 0.417. The molecular weight excluding hydrogens is 551 g/mol. The molecule has 1 N–H and O–H groups in total. The van der Waals surface area contributed by atoms with E-state index >= 15 is 0 Å². The maximum atomic E-state index is 14.4. The van der Waals surface area contributed by atoms with Gasteiger partial charge in [0, 0.05) is 17.7 Å². The average molecular weight is 570 g/mol. The topological polar surface area (TPSA) is 64.5 Å². The Morgan fingerprint density at radius 2 is 1.55 bits per heavy atom. The summed E-state index contributed by atoms with van der Waals surface area (Å²) in [6.07, 6.45) is -16.8. The smallest absolute Gasteiger partial charge is 0.416 e. The molecule has 2 aromatic rings. The minimum atomic E-state index is -5.31. The lowest BCUT2D eigenvalue weighted by Crippen LogP contribution is -2.53. The second-order valence-corrected chi connectivity index (χ2v) is 10.8. The van der Waals surface area contributed by atoms with Crippen LogP contribution < -0.4 is 5.32 Å². The van der Waals surface area contributed by atoms with Gasteiger partial charge in [0.25, 0.3) is 5.91 Å². The van der Waals surface area contributed by atoms with E-state index in [4.69, 9.17) is 0 Å². The fourth-order valence-electron chi connectivity index (χ4n) is 4.44. The lowest BCUT2D eigenvalue weighted by molar-refractivity contribution is -0.184. The molecule has 0 spiro atoms. The van der Waals surface area contributed by atoms with E-state index in [0.717, 1.165) is 0 Å². The monoisotopic (exact) mass is 570 g/mol. The maximum Gasteiger partial charge on any atom is 0.416 e. The Labute approximate surface area is 213 Å². The van der Waals surface area contributed by atoms with E-state index in [1.54, 1.807) is 0 Å². The van der Waals surface area contributed by atoms with Gasteiger partial charge >= 0.3 is 18.5 Å². The third-order valence-electron chi connectivity index (χ3n) is 6.61. The second-order valence-electron chi connectivity index (χ2n) is 9.29. The largest absolute Gasteiger partial charge is 0.616 e. The molecule has 2 aliphatic heterocycles. The minimum absolute atomic E-state index is 0.0906. The van der Waals surface area contributed by atoms with Crippen LogP contribution in [0.3, 0.4) is 0 Å². The Hall–Kier alpha value is -2.74. The van der Waals surface area contributed by atoms with E-state index in [-0.39, 0.29) is 41.1 Å². The predicted molar refractivity (Wildman–Crippen MR) is 121 cm³/mol. The summed E-state index contributed by atoms with van der Waals surface area (Å²) in [6.45, 7) is 0.414. The van der Waals surface area contributed by atoms with Crippen molar-refractivity contribution in [2.24, 2.45) is 4.99 Å². The van der Waals surface area contributed by atoms with Crippen LogP contribution in [0.15, 0.2) is 41.4 Å². The van der Waals surface area contributed by atoms with Crippen LogP contribution in [0.4, 0.5) is 39.5 Å². The summed E-state index contributed by atoms with van der Waals surface area (Å²) in [4.78, 5) is 16.4. The summed E-state index contributed by atoms with van der Waals surface area (Å²) in [6, 6.07) is 3.74. The van der Waals surface area contributed by atoms with Crippen LogP contribution in [-0.2, 0) is 28.9 Å². The summed E-state index contributed by atoms with van der Waals surface area (Å²) >= 11 is -0.997. The van der Waals surface area contributed by atoms with Crippen molar-refractivity contribution in [3.8, 4) is 0 Å². The summed E-state index contributed by atoms with van der Waals surface area (Å²) < 4.78 is 134. The number of hydrogen-bond acceptors (Lipinski definition) is 3. The molecule has 206 valence electrons. The van der Waals surface area contributed by atoms with Gasteiger partial charge in [-0.3, -0.25) is 9.79 Å². The highest BCUT2D eigenvalue weighted by molar-refractivity contribution is 7.92. The molecule has 0 aliphatic carbocycles. The van der Waals surface area contributed by atoms with Crippen LogP contribution in [0.2, 0.25) is 0 Å². The molecule has 1 amide bonds. The number of hydrogen-bond donors (Lipinski definition) is 1. The molecule has 2 aliphatic rings. The number of aryl methyl sites for hydroxylation is 1. The van der Waals surface area contributed by atoms with E-state index in [1.807, 2.05) is 0 Å². The van der Waals surface area contributed by atoms with Gasteiger partial charge in [0.15, 0.2) is 0 Å². The Morgan fingerprint density at radius 3 is 2.03 bits per heavy atom. The highest BCUT2D eigenvalue weighted by Crippen LogP contribution is 2.50. The van der Waals surface area contributed by atoms with Crippen molar-refractivity contribution in [1.82, 2.24) is 5.32 Å². The van der Waals surface area contributed by atoms with Crippen molar-refractivity contribution >= 4 is 22.8 Å². The third-order valence-corrected chi connectivity index (χ3v) is 8.15. The van der Waals surface area contributed by atoms with Gasteiger partial charge in [0.05, 0.1) is 17.7 Å². The first-order valence-corrected chi connectivity index (χ1v) is 12.6. The van der Waals surface area contributed by atoms with E-state index in [9.17, 15) is 48.9 Å². The number of carbonyl (C=O) groups excluding carboxylic acids is 1. The van der Waals surface area contributed by atoms with Crippen molar-refractivity contribution in [2.75, 3.05) is 18.1 Å². The van der Waals surface area contributed by atoms with E-state index in [1.165, 1.54) is 25.1 Å². The lowest BCUT2D eigenvalue weighted by atomic mass is 9.75. The number of benzene rings is 2. The number of amides is 1. The molecular formula is C24H19F9N2O2S. The number of alkyl halides is 9. The number of nitrogens with one attached hydrogen (secondary N) is 1. The molecule has 14 heteroatoms. The Morgan fingerprint density at radius 1 is 0.974 bits per heavy atom. The molecule has 2 aromatic carbocycles. The van der Waals surface area contributed by atoms with Crippen LogP contribution in [0.5, 0.6) is 0 Å². The minimum Gasteiger partial charge on any atom is -0.616 e. The zero-order valence-electron chi connectivity index (χ0n) is 19.4. The molecule has 1 fully saturated rings. The van der Waals surface area contributed by atoms with Crippen LogP contribution in [0, 0.1) is 6.92 Å². The number of carbonyl (C=O) groups is 1. The molecule has 38 heavy (non-hydrogen) atoms. The molecule has 4 rings (SSSR count). The first kappa shape index (κ1) is 28.3. The summed E-state index contributed by atoms with van der Waals surface area (Å²) in [5.41, 5.74) is -7.44. The number of halogens is 9. The van der Waals surface area contributed by atoms with Gasteiger partial charge in [0.1, 0.15) is 23.0 Å². The predicted octanol–water partition coefficient (Wildman–Crippen LogP) is 5.59. The second kappa shape index (κ2) is 9.47. The Bertz CT molecular complexity index is 1250. The van der Waals surface area contributed by atoms with Gasteiger partial charge in [-0.1, -0.05) is 6.07 Å². The van der Waals surface area contributed by atoms with Crippen LogP contribution in [0.1, 0.15) is 44.6 Å². The zero-order chi connectivity index (χ0) is 28.3. The van der Waals surface area contributed by atoms with Crippen molar-refractivity contribution in [3.05, 3.63) is 69.8 Å². The number of nitrogens with zero attached hydrogens (tertiary/aromatic N) is 1. The van der Waals surface area contributed by atoms with E-state index in [2.05, 4.69) is 10.3 Å². The van der Waals surface area contributed by atoms with Crippen LogP contribution >= 0.6 is 0 Å². The Balaban J connectivity index is 1.67. The molecule has 1 saturated heterocycles. The van der Waals surface area contributed by atoms with E-state index < -0.39 is 70.7 Å². The first-order chi connectivity index (χ1) is 17.4. The normalized spacial score (nSPS) is 24.1. The van der Waals surface area contributed by atoms with Gasteiger partial charge in [-0.15, -0.1) is 0 Å². The summed E-state index contributed by atoms with van der Waals surface area (Å²) in [7, 11) is 0. The van der Waals surface area contributed by atoms with Gasteiger partial charge in [-0.2, -0.15) is 39.5 Å². The molecule has 0 saturated carbocycles. The summed E-state index contributed by atoms with van der Waals surface area (Å²) in [5, 5.41) is 2.69. The fourth-order valence-corrected chi connectivity index (χ4v) is 5.41. The molecule has 0 radical (unpaired) electrons. The molecule has 2 heterocycles. The summed E-state index contributed by atoms with van der Waals surface area (Å²) in [5.74, 6) is 0.146. The molecule has 0 aromatic heterocycles. The quantitative estimate of drug-likeness (QED) is 0.385. The standard InChI is InChI=1S/C24H19F9N2O2S/c1-12-4-13(2-3-18(12)20(36)35-17-9-38(37)10-17)19-8-21(11-34-19,24(31,32)33)14-5-15(22(25,26)27)7-16(6-14)23(28,29)30/h2-7,17H,8-11H2,1H3,(H,35,36)/t17-,21?,38+. The molecule has 1 unspecified atom stereocenters. The van der Waals surface area contributed by atoms with Crippen molar-refractivity contribution in [1.29, 1.82) is 0 Å². The van der Waals surface area contributed by atoms with Crippen molar-refractivity contribution < 1.29 is 48.9 Å². The van der Waals surface area contributed by atoms with Crippen molar-refractivity contribution in [2.45, 2.75) is 43.3 Å². The van der Waals surface area contributed by atoms with Crippen LogP contribution in [-0.4, -0.2) is 46.4 Å². The lowest BCUT2D eigenvalue weighted by Gasteiger charge is -2.32. The SMILES string of the molecule is Cc1cc(C2=NCC(c3cc(C(F)(F)F)cc(C(F)(F)F)c3)(C(F)(F)F)C2)ccc1C(=O)N[C@H]1C[S@@+]([O-])C1. The van der Waals surface area contributed by atoms with Gasteiger partial charge < -0.3 is 9.87 Å². The van der Waals surface area contributed by atoms with Gasteiger partial charge in [-0.25, -0.2) is 0 Å². The highest BCUT2D eigenvalue weighted by atomic mass is 32.2. The first-order valence-electron chi connectivity index (χ1n) is 11.1. The van der Waals surface area contributed by atoms with Gasteiger partial charge in [-0.05, 0) is 65.1 Å². The molecule has 0 bridgehead atoms. The van der Waals surface area contributed by atoms with Crippen LogP contribution in [0.25, 0.3) is 0 Å². The Kier molecular flexibility index (Phi) is 7.05. The molecule has 1 atom stereocenters. The van der Waals surface area contributed by atoms with E-state index in [0.29, 0.717) is 17.1 Å². The molecule has 4 nitrogen and oxygen atoms in total. The average Bonchev–Trinajstić information content (AvgIpc) is 3.23. The maximum absolute atomic E-state index is 14.4. The van der Waals surface area contributed by atoms with Crippen molar-refractivity contribution in [3.63, 3.8) is 0 Å². The number of rotatable bonds is 4. The third kappa shape index (κ3) is 5.37.